The molecule has 0 N–H and O–H groups in total. The van der Waals surface area contributed by atoms with Crippen LogP contribution in [0.5, 0.6) is 0 Å². The van der Waals surface area contributed by atoms with Crippen molar-refractivity contribution in [2.75, 3.05) is 9.80 Å². The highest BCUT2D eigenvalue weighted by atomic mass is 19.1. The van der Waals surface area contributed by atoms with Gasteiger partial charge in [-0.05, 0) is 222 Å². The third kappa shape index (κ3) is 11.2. The van der Waals surface area contributed by atoms with Gasteiger partial charge in [0, 0.05) is 33.5 Å². The van der Waals surface area contributed by atoms with E-state index in [9.17, 15) is 0 Å². The molecule has 0 aromatic heterocycles. The van der Waals surface area contributed by atoms with E-state index in [1.54, 1.807) is 34.1 Å². The molecule has 19 aromatic carbocycles. The van der Waals surface area contributed by atoms with E-state index in [1.807, 2.05) is 72.8 Å². The molecule has 480 valence electrons. The Kier molecular flexibility index (Phi) is 10.3. The van der Waals surface area contributed by atoms with Gasteiger partial charge >= 0.3 is 0 Å². The molecule has 0 bridgehead atoms. The Labute approximate surface area is 626 Å². The molecule has 0 aliphatic rings. The van der Waals surface area contributed by atoms with Crippen LogP contribution in [0.3, 0.4) is 0 Å². The van der Waals surface area contributed by atoms with Gasteiger partial charge in [0.15, 0.2) is 0 Å². The zero-order valence-electron chi connectivity index (χ0n) is 78.7. The topological polar surface area (TPSA) is 6.48 Å². The number of hydrogen-bond acceptors (Lipinski definition) is 2. The summed E-state index contributed by atoms with van der Waals surface area (Å²) in [6.45, 7) is 0. The normalized spacial score (nSPS) is 14.9. The first-order valence-electron chi connectivity index (χ1n) is 45.1. The average molecular weight is 1330 g/mol. The quantitative estimate of drug-likeness (QED) is 0.0888. The molecule has 0 saturated carbocycles. The number of benzene rings is 19. The average Bonchev–Trinajstić information content (AvgIpc) is 0.718. The van der Waals surface area contributed by atoms with E-state index in [-0.39, 0.29) is 103 Å². The zero-order valence-corrected chi connectivity index (χ0v) is 53.7. The molecule has 102 heavy (non-hydrogen) atoms. The van der Waals surface area contributed by atoms with Crippen LogP contribution in [0.2, 0.25) is 0 Å². The van der Waals surface area contributed by atoms with E-state index < -0.39 is 132 Å². The van der Waals surface area contributed by atoms with Crippen molar-refractivity contribution in [1.29, 1.82) is 0 Å². The Morgan fingerprint density at radius 1 is 0.216 bits per heavy atom. The maximum atomic E-state index is 15.8. The molecule has 0 atom stereocenters. The van der Waals surface area contributed by atoms with Gasteiger partial charge in [0.25, 0.3) is 0 Å². The summed E-state index contributed by atoms with van der Waals surface area (Å²) in [6.07, 6.45) is 0. The molecular formula is C98H64F2N2. The van der Waals surface area contributed by atoms with Gasteiger partial charge in [-0.3, -0.25) is 0 Å². The fourth-order valence-corrected chi connectivity index (χ4v) is 14.2. The van der Waals surface area contributed by atoms with Gasteiger partial charge in [0.2, 0.25) is 0 Å². The van der Waals surface area contributed by atoms with Crippen LogP contribution in [-0.4, -0.2) is 0 Å². The third-order valence-electron chi connectivity index (χ3n) is 18.5. The summed E-state index contributed by atoms with van der Waals surface area (Å²) < 4.78 is 249. The van der Waals surface area contributed by atoms with Crippen LogP contribution >= 0.6 is 0 Å². The number of anilines is 6. The van der Waals surface area contributed by atoms with E-state index in [4.69, 9.17) is 34.3 Å². The first-order valence-corrected chi connectivity index (χ1v) is 32.6. The summed E-state index contributed by atoms with van der Waals surface area (Å²) in [5, 5.41) is 12.0. The van der Waals surface area contributed by atoms with Crippen molar-refractivity contribution in [1.82, 2.24) is 0 Å². The predicted molar refractivity (Wildman–Crippen MR) is 429 cm³/mol. The van der Waals surface area contributed by atoms with Crippen LogP contribution in [0.15, 0.2) is 388 Å². The van der Waals surface area contributed by atoms with Crippen molar-refractivity contribution in [2.45, 2.75) is 0 Å². The van der Waals surface area contributed by atoms with Crippen LogP contribution < -0.4 is 9.80 Å². The summed E-state index contributed by atoms with van der Waals surface area (Å²) >= 11 is 0. The summed E-state index contributed by atoms with van der Waals surface area (Å²) in [7, 11) is 0. The van der Waals surface area contributed by atoms with Crippen molar-refractivity contribution in [3.8, 4) is 66.8 Å². The van der Waals surface area contributed by atoms with Gasteiger partial charge in [0.1, 0.15) is 11.6 Å². The van der Waals surface area contributed by atoms with Gasteiger partial charge in [-0.1, -0.05) is 297 Å². The number of fused-ring (bicyclic) bond motifs is 5. The van der Waals surface area contributed by atoms with Crippen molar-refractivity contribution >= 4 is 110 Å². The Morgan fingerprint density at radius 3 is 0.961 bits per heavy atom. The summed E-state index contributed by atoms with van der Waals surface area (Å²) in [5.41, 5.74) is 3.35. The fraction of sp³-hybridized carbons (Fsp3) is 0. The minimum absolute atomic E-state index is 0.0112. The lowest BCUT2D eigenvalue weighted by atomic mass is 9.84. The molecule has 0 radical (unpaired) electrons. The van der Waals surface area contributed by atoms with E-state index >= 15 is 8.78 Å². The molecule has 0 aliphatic heterocycles. The molecule has 0 aliphatic carbocycles. The second-order valence-electron chi connectivity index (χ2n) is 24.3. The Morgan fingerprint density at radius 2 is 0.559 bits per heavy atom. The van der Waals surface area contributed by atoms with E-state index in [0.717, 1.165) is 43.4 Å². The minimum Gasteiger partial charge on any atom is -0.310 e. The highest BCUT2D eigenvalue weighted by Crippen LogP contribution is 2.51. The number of halogens is 2. The lowest BCUT2D eigenvalue weighted by Crippen LogP contribution is -2.12. The first kappa shape index (κ1) is 40.0. The van der Waals surface area contributed by atoms with Crippen LogP contribution in [0.4, 0.5) is 42.9 Å². The third-order valence-corrected chi connectivity index (χ3v) is 18.5. The Bertz CT molecular complexity index is 7290. The minimum atomic E-state index is -0.669. The summed E-state index contributed by atoms with van der Waals surface area (Å²) in [5.74, 6) is -1.33. The highest BCUT2D eigenvalue weighted by Gasteiger charge is 2.25. The molecule has 2 nitrogen and oxygen atoms in total. The number of rotatable bonds is 12. The van der Waals surface area contributed by atoms with Gasteiger partial charge in [-0.2, -0.15) is 0 Å². The number of nitrogens with zero attached hydrogens (tertiary/aromatic N) is 2. The SMILES string of the molecule is [2H]c1c([2H])c([2H])c(-c2c3ccccc3c(-c3cc4ccccc4c4ccccc34)c3ccccc23)c([2H])c1[2H].[2H]c1c([2H])c([2H])c(-c2cc(-c3c([2H])c([2H])c([2H])c([2H])c3[2H])cc(N(c3cccc(F)c3)c3ccc4ccc5c(N(c6cccc(F)c6)c6cc(-c7c([2H])c([2H])c([2H])c([2H])c7[2H])cc(-c7c([2H])c([2H])c([2H])c([2H])c7[2H])c6)ccc6ccc3c4c65)c2)c([2H])c1[2H]. The Hall–Kier alpha value is -13.3. The first-order chi connectivity index (χ1) is 60.8. The second-order valence-corrected chi connectivity index (χ2v) is 24.3. The van der Waals surface area contributed by atoms with Crippen molar-refractivity contribution in [3.63, 3.8) is 0 Å². The predicted octanol–water partition coefficient (Wildman–Crippen LogP) is 28.1. The Balaban J connectivity index is 0.000000231. The molecule has 0 saturated heterocycles. The number of hydrogen-bond donors (Lipinski definition) is 0. The van der Waals surface area contributed by atoms with E-state index in [0.29, 0.717) is 49.3 Å². The lowest BCUT2D eigenvalue weighted by Gasteiger charge is -2.30. The van der Waals surface area contributed by atoms with Gasteiger partial charge in [-0.25, -0.2) is 8.78 Å². The molecule has 19 rings (SSSR count). The smallest absolute Gasteiger partial charge is 0.125 e. The lowest BCUT2D eigenvalue weighted by molar-refractivity contribution is 0.627. The van der Waals surface area contributed by atoms with Gasteiger partial charge in [0.05, 0.1) is 45.6 Å². The van der Waals surface area contributed by atoms with Crippen molar-refractivity contribution in [3.05, 3.63) is 399 Å². The summed E-state index contributed by atoms with van der Waals surface area (Å²) in [6, 6.07) is 55.3. The van der Waals surface area contributed by atoms with Crippen LogP contribution in [0, 0.1) is 11.6 Å². The maximum absolute atomic E-state index is 15.8. The van der Waals surface area contributed by atoms with E-state index in [1.165, 1.54) is 83.6 Å². The highest BCUT2D eigenvalue weighted by molar-refractivity contribution is 6.29. The van der Waals surface area contributed by atoms with Crippen molar-refractivity contribution in [2.24, 2.45) is 0 Å². The molecule has 0 unspecified atom stereocenters. The molecule has 0 spiro atoms. The second kappa shape index (κ2) is 26.2. The van der Waals surface area contributed by atoms with Crippen LogP contribution in [-0.2, 0) is 0 Å². The molecule has 19 aromatic rings. The van der Waals surface area contributed by atoms with Crippen LogP contribution in [0.25, 0.3) is 142 Å². The van der Waals surface area contributed by atoms with Crippen LogP contribution in [0.1, 0.15) is 34.3 Å². The monoisotopic (exact) mass is 1330 g/mol. The molecule has 0 heterocycles. The summed E-state index contributed by atoms with van der Waals surface area (Å²) in [4.78, 5) is 3.27. The fourth-order valence-electron chi connectivity index (χ4n) is 14.2. The standard InChI is InChI=1S/C64H42F2N2.C34H22/c65-53-23-13-25-55(41-53)67(57-37-49(43-15-5-1-6-16-43)35-50(38-57)44-17-7-2-8-18-44)61-33-29-47-28-32-60-62(34-30-48-27-31-59(61)63(47)64(48)60)68(56-26-14-24-54(66)42-56)58-39-51(45-19-9-3-10-20-45)36-52(40-58)46-21-11-4-12-22-46;1-2-12-23(13-3-1)33-28-18-8-10-20-30(28)34(31-21-11-9-19-29(31)33)32-22-24-14-4-5-15-25(24)26-16-6-7-17-27(26)32/h1-42H;1-22H/i1D,2D,3D,4D,5D,6D,7D,8D,9D,10D,11D,12D,15D,16D,17D,18D,19D,20D,21D,22D;1D,2D,3D,12D,13D. The maximum Gasteiger partial charge on any atom is 0.125 e. The van der Waals surface area contributed by atoms with Gasteiger partial charge < -0.3 is 9.80 Å². The molecular weight excluding hydrogens is 1240 g/mol. The largest absolute Gasteiger partial charge is 0.310 e. The molecule has 0 amide bonds. The van der Waals surface area contributed by atoms with Gasteiger partial charge in [-0.15, -0.1) is 0 Å². The molecule has 0 fully saturated rings. The van der Waals surface area contributed by atoms with Crippen molar-refractivity contribution < 1.29 is 43.0 Å². The molecule has 4 heteroatoms. The zero-order chi connectivity index (χ0) is 89.8. The van der Waals surface area contributed by atoms with E-state index in [2.05, 4.69) is 66.7 Å².